The molecule has 0 spiro atoms. The van der Waals surface area contributed by atoms with Crippen molar-refractivity contribution in [3.05, 3.63) is 53.9 Å². The first kappa shape index (κ1) is 19.2. The number of rotatable bonds is 6. The number of hydrazone groups is 1. The summed E-state index contributed by atoms with van der Waals surface area (Å²) in [5.41, 5.74) is 2.84. The molecule has 1 aliphatic carbocycles. The first-order chi connectivity index (χ1) is 14.0. The van der Waals surface area contributed by atoms with Crippen LogP contribution >= 0.6 is 0 Å². The van der Waals surface area contributed by atoms with Crippen LogP contribution in [0, 0.1) is 5.92 Å². The molecule has 4 rings (SSSR count). The Kier molecular flexibility index (Phi) is 5.13. The molecule has 1 unspecified atom stereocenters. The second-order valence-electron chi connectivity index (χ2n) is 7.75. The molecule has 1 saturated carbocycles. The third kappa shape index (κ3) is 3.90. The Hall–Kier alpha value is -3.09. The molecule has 2 amide bonds. The van der Waals surface area contributed by atoms with Gasteiger partial charge in [0.1, 0.15) is 12.3 Å². The third-order valence-corrected chi connectivity index (χ3v) is 5.58. The van der Waals surface area contributed by atoms with E-state index in [0.717, 1.165) is 35.6 Å². The molecular weight excluding hydrogens is 368 g/mol. The highest BCUT2D eigenvalue weighted by Gasteiger charge is 2.37. The maximum atomic E-state index is 13.1. The summed E-state index contributed by atoms with van der Waals surface area (Å²) in [7, 11) is 5.29. The molecule has 152 valence electrons. The van der Waals surface area contributed by atoms with E-state index in [1.165, 1.54) is 4.90 Å². The van der Waals surface area contributed by atoms with E-state index in [0.29, 0.717) is 6.42 Å². The van der Waals surface area contributed by atoms with Crippen LogP contribution in [0.5, 0.6) is 5.75 Å². The van der Waals surface area contributed by atoms with Crippen molar-refractivity contribution in [2.24, 2.45) is 18.1 Å². The Morgan fingerprint density at radius 1 is 1.21 bits per heavy atom. The predicted octanol–water partition coefficient (Wildman–Crippen LogP) is 2.58. The lowest BCUT2D eigenvalue weighted by atomic mass is 10.0. The van der Waals surface area contributed by atoms with E-state index in [1.54, 1.807) is 19.2 Å². The van der Waals surface area contributed by atoms with Gasteiger partial charge in [-0.15, -0.1) is 0 Å². The van der Waals surface area contributed by atoms with Crippen LogP contribution in [0.1, 0.15) is 36.6 Å². The molecule has 1 atom stereocenters. The molecule has 0 bridgehead atoms. The first-order valence-electron chi connectivity index (χ1n) is 9.88. The molecule has 7 nitrogen and oxygen atoms in total. The standard InChI is InChI=1S/C22H26N4O3/c1-24-12-4-5-19(24)18-13-20(15-8-10-17(29-3)11-9-15)26(23-18)21(27)14-25(2)22(28)16-6-7-16/h4-5,8-12,16,20H,6-7,13-14H2,1-3H3. The van der Waals surface area contributed by atoms with E-state index < -0.39 is 0 Å². The highest BCUT2D eigenvalue weighted by atomic mass is 16.5. The SMILES string of the molecule is COc1ccc(C2CC(c3cccn3C)=NN2C(=O)CN(C)C(=O)C2CC2)cc1. The largest absolute Gasteiger partial charge is 0.497 e. The molecule has 0 saturated heterocycles. The Labute approximate surface area is 170 Å². The maximum absolute atomic E-state index is 13.1. The minimum absolute atomic E-state index is 0.0336. The smallest absolute Gasteiger partial charge is 0.262 e. The lowest BCUT2D eigenvalue weighted by Gasteiger charge is -2.25. The third-order valence-electron chi connectivity index (χ3n) is 5.58. The van der Waals surface area contributed by atoms with Gasteiger partial charge in [0.2, 0.25) is 5.91 Å². The van der Waals surface area contributed by atoms with Crippen molar-refractivity contribution in [1.29, 1.82) is 0 Å². The van der Waals surface area contributed by atoms with E-state index in [2.05, 4.69) is 5.10 Å². The molecule has 0 N–H and O–H groups in total. The maximum Gasteiger partial charge on any atom is 0.262 e. The van der Waals surface area contributed by atoms with Gasteiger partial charge in [0.25, 0.3) is 5.91 Å². The lowest BCUT2D eigenvalue weighted by molar-refractivity contribution is -0.141. The van der Waals surface area contributed by atoms with Crippen LogP contribution in [0.3, 0.4) is 0 Å². The number of carbonyl (C=O) groups is 2. The number of benzene rings is 1. The minimum Gasteiger partial charge on any atom is -0.497 e. The fraction of sp³-hybridized carbons (Fsp3) is 0.409. The Morgan fingerprint density at radius 2 is 1.93 bits per heavy atom. The fourth-order valence-corrected chi connectivity index (χ4v) is 3.74. The van der Waals surface area contributed by atoms with Gasteiger partial charge in [-0.05, 0) is 42.7 Å². The van der Waals surface area contributed by atoms with Crippen molar-refractivity contribution in [2.45, 2.75) is 25.3 Å². The molecule has 2 heterocycles. The van der Waals surface area contributed by atoms with Gasteiger partial charge in [-0.25, -0.2) is 5.01 Å². The normalized spacial score (nSPS) is 18.5. The quantitative estimate of drug-likeness (QED) is 0.756. The van der Waals surface area contributed by atoms with Gasteiger partial charge >= 0.3 is 0 Å². The van der Waals surface area contributed by atoms with Gasteiger partial charge in [-0.2, -0.15) is 5.10 Å². The van der Waals surface area contributed by atoms with Crippen LogP contribution in [-0.2, 0) is 16.6 Å². The number of aryl methyl sites for hydroxylation is 1. The van der Waals surface area contributed by atoms with Crippen molar-refractivity contribution in [3.8, 4) is 5.75 Å². The summed E-state index contributed by atoms with van der Waals surface area (Å²) < 4.78 is 7.25. The number of carbonyl (C=O) groups excluding carboxylic acids is 2. The summed E-state index contributed by atoms with van der Waals surface area (Å²) in [6.45, 7) is 0.0336. The number of aromatic nitrogens is 1. The van der Waals surface area contributed by atoms with Gasteiger partial charge in [0.15, 0.2) is 0 Å². The van der Waals surface area contributed by atoms with E-state index in [-0.39, 0.29) is 30.3 Å². The second kappa shape index (κ2) is 7.73. The fourth-order valence-electron chi connectivity index (χ4n) is 3.74. The zero-order valence-electron chi connectivity index (χ0n) is 17.0. The number of hydrogen-bond acceptors (Lipinski definition) is 4. The summed E-state index contributed by atoms with van der Waals surface area (Å²) >= 11 is 0. The van der Waals surface area contributed by atoms with Crippen LogP contribution in [-0.4, -0.2) is 52.7 Å². The summed E-state index contributed by atoms with van der Waals surface area (Å²) in [4.78, 5) is 26.9. The number of ether oxygens (including phenoxy) is 1. The molecule has 0 radical (unpaired) electrons. The minimum atomic E-state index is -0.206. The molecule has 1 aromatic heterocycles. The number of nitrogens with zero attached hydrogens (tertiary/aromatic N) is 4. The van der Waals surface area contributed by atoms with Crippen molar-refractivity contribution in [1.82, 2.24) is 14.5 Å². The Morgan fingerprint density at radius 3 is 2.52 bits per heavy atom. The van der Waals surface area contributed by atoms with E-state index in [1.807, 2.05) is 54.2 Å². The Balaban J connectivity index is 1.59. The summed E-state index contributed by atoms with van der Waals surface area (Å²) in [6.07, 6.45) is 4.43. The topological polar surface area (TPSA) is 67.1 Å². The zero-order valence-corrected chi connectivity index (χ0v) is 17.0. The van der Waals surface area contributed by atoms with Crippen molar-refractivity contribution in [2.75, 3.05) is 20.7 Å². The molecule has 1 fully saturated rings. The first-order valence-corrected chi connectivity index (χ1v) is 9.88. The van der Waals surface area contributed by atoms with Crippen LogP contribution in [0.15, 0.2) is 47.7 Å². The van der Waals surface area contributed by atoms with Gasteiger partial charge in [-0.1, -0.05) is 12.1 Å². The number of hydrogen-bond donors (Lipinski definition) is 0. The molecule has 1 aromatic carbocycles. The van der Waals surface area contributed by atoms with Crippen molar-refractivity contribution >= 4 is 17.5 Å². The van der Waals surface area contributed by atoms with Gasteiger partial charge in [0.05, 0.1) is 24.6 Å². The second-order valence-corrected chi connectivity index (χ2v) is 7.75. The molecule has 2 aromatic rings. The van der Waals surface area contributed by atoms with Crippen molar-refractivity contribution in [3.63, 3.8) is 0 Å². The average molecular weight is 394 g/mol. The summed E-state index contributed by atoms with van der Waals surface area (Å²) in [5, 5.41) is 6.22. The molecule has 7 heteroatoms. The number of methoxy groups -OCH3 is 1. The van der Waals surface area contributed by atoms with E-state index in [9.17, 15) is 9.59 Å². The van der Waals surface area contributed by atoms with Gasteiger partial charge in [0, 0.05) is 32.6 Å². The molecular formula is C22H26N4O3. The van der Waals surface area contributed by atoms with E-state index >= 15 is 0 Å². The predicted molar refractivity (Wildman–Crippen MR) is 110 cm³/mol. The van der Waals surface area contributed by atoms with Crippen LogP contribution in [0.4, 0.5) is 0 Å². The van der Waals surface area contributed by atoms with Gasteiger partial charge in [-0.3, -0.25) is 9.59 Å². The molecule has 1 aliphatic heterocycles. The number of likely N-dealkylation sites (N-methyl/N-ethyl adjacent to an activating group) is 1. The van der Waals surface area contributed by atoms with Crippen LogP contribution in [0.2, 0.25) is 0 Å². The summed E-state index contributed by atoms with van der Waals surface area (Å²) in [6, 6.07) is 11.5. The van der Waals surface area contributed by atoms with Crippen LogP contribution < -0.4 is 4.74 Å². The molecule has 2 aliphatic rings. The highest BCUT2D eigenvalue weighted by Crippen LogP contribution is 2.34. The zero-order chi connectivity index (χ0) is 20.5. The van der Waals surface area contributed by atoms with Gasteiger partial charge < -0.3 is 14.2 Å². The highest BCUT2D eigenvalue weighted by molar-refractivity contribution is 6.02. The van der Waals surface area contributed by atoms with Crippen molar-refractivity contribution < 1.29 is 14.3 Å². The average Bonchev–Trinajstić information content (AvgIpc) is 3.34. The number of amides is 2. The monoisotopic (exact) mass is 394 g/mol. The molecule has 29 heavy (non-hydrogen) atoms. The van der Waals surface area contributed by atoms with Crippen LogP contribution in [0.25, 0.3) is 0 Å². The summed E-state index contributed by atoms with van der Waals surface area (Å²) in [5.74, 6) is 0.728. The Bertz CT molecular complexity index is 943. The lowest BCUT2D eigenvalue weighted by Crippen LogP contribution is -2.39. The van der Waals surface area contributed by atoms with E-state index in [4.69, 9.17) is 4.74 Å².